The lowest BCUT2D eigenvalue weighted by Crippen LogP contribution is -2.31. The van der Waals surface area contributed by atoms with Crippen molar-refractivity contribution in [3.63, 3.8) is 0 Å². The zero-order valence-corrected chi connectivity index (χ0v) is 8.60. The first-order valence-electron chi connectivity index (χ1n) is 4.69. The van der Waals surface area contributed by atoms with E-state index < -0.39 is 0 Å². The topological polar surface area (TPSA) is 40.7 Å². The molecule has 0 aliphatic carbocycles. The van der Waals surface area contributed by atoms with Gasteiger partial charge in [0.05, 0.1) is 5.69 Å². The maximum absolute atomic E-state index is 3.95. The number of nitrogens with zero attached hydrogens (tertiary/aromatic N) is 1. The monoisotopic (exact) mass is 197 g/mol. The van der Waals surface area contributed by atoms with Crippen LogP contribution in [-0.2, 0) is 0 Å². The Morgan fingerprint density at radius 1 is 1.77 bits per heavy atom. The molecule has 1 aliphatic heterocycles. The maximum atomic E-state index is 3.95. The summed E-state index contributed by atoms with van der Waals surface area (Å²) < 4.78 is 0. The van der Waals surface area contributed by atoms with Crippen molar-refractivity contribution >= 4 is 11.8 Å². The molecule has 2 unspecified atom stereocenters. The number of rotatable bonds is 3. The normalized spacial score (nSPS) is 24.8. The van der Waals surface area contributed by atoms with E-state index in [1.807, 2.05) is 17.8 Å². The summed E-state index contributed by atoms with van der Waals surface area (Å²) in [5.74, 6) is 2.55. The van der Waals surface area contributed by atoms with Crippen molar-refractivity contribution in [1.82, 2.24) is 15.5 Å². The molecule has 2 N–H and O–H groups in total. The molecule has 0 amide bonds. The smallest absolute Gasteiger partial charge is 0.0518 e. The Labute approximate surface area is 82.7 Å². The molecule has 1 aliphatic rings. The Bertz CT molecular complexity index is 241. The van der Waals surface area contributed by atoms with Crippen LogP contribution in [0.25, 0.3) is 0 Å². The number of aromatic amines is 1. The van der Waals surface area contributed by atoms with Crippen molar-refractivity contribution in [1.29, 1.82) is 0 Å². The second kappa shape index (κ2) is 4.15. The summed E-state index contributed by atoms with van der Waals surface area (Å²) >= 11 is 2.03. The molecule has 72 valence electrons. The lowest BCUT2D eigenvalue weighted by molar-refractivity contribution is 0.478. The molecule has 1 aromatic heterocycles. The molecule has 0 aromatic carbocycles. The first kappa shape index (κ1) is 9.09. The second-order valence-corrected chi connectivity index (χ2v) is 4.61. The van der Waals surface area contributed by atoms with Crippen molar-refractivity contribution < 1.29 is 0 Å². The van der Waals surface area contributed by atoms with E-state index in [4.69, 9.17) is 0 Å². The van der Waals surface area contributed by atoms with Gasteiger partial charge in [-0.2, -0.15) is 16.9 Å². The van der Waals surface area contributed by atoms with Crippen LogP contribution in [0.3, 0.4) is 0 Å². The highest BCUT2D eigenvalue weighted by molar-refractivity contribution is 7.99. The van der Waals surface area contributed by atoms with Gasteiger partial charge < -0.3 is 5.32 Å². The molecule has 0 saturated carbocycles. The molecule has 4 heteroatoms. The third-order valence-corrected chi connectivity index (χ3v) is 3.57. The van der Waals surface area contributed by atoms with Crippen LogP contribution in [0.2, 0.25) is 0 Å². The van der Waals surface area contributed by atoms with Crippen molar-refractivity contribution in [2.24, 2.45) is 0 Å². The first-order valence-corrected chi connectivity index (χ1v) is 5.85. The Balaban J connectivity index is 1.87. The van der Waals surface area contributed by atoms with Crippen LogP contribution in [0.15, 0.2) is 12.3 Å². The van der Waals surface area contributed by atoms with Crippen molar-refractivity contribution in [3.8, 4) is 0 Å². The van der Waals surface area contributed by atoms with Gasteiger partial charge in [0.15, 0.2) is 0 Å². The quantitative estimate of drug-likeness (QED) is 0.772. The Morgan fingerprint density at radius 2 is 2.69 bits per heavy atom. The number of hydrogen-bond acceptors (Lipinski definition) is 3. The average Bonchev–Trinajstić information content (AvgIpc) is 2.74. The standard InChI is InChI=1S/C9H15N3S/c1-7(9-2-4-10-12-9)11-8-3-5-13-6-8/h2,4,7-8,11H,3,5-6H2,1H3,(H,10,12). The van der Waals surface area contributed by atoms with Crippen molar-refractivity contribution in [2.75, 3.05) is 11.5 Å². The highest BCUT2D eigenvalue weighted by Crippen LogP contribution is 2.20. The highest BCUT2D eigenvalue weighted by Gasteiger charge is 2.18. The van der Waals surface area contributed by atoms with Gasteiger partial charge in [-0.05, 0) is 25.2 Å². The van der Waals surface area contributed by atoms with Gasteiger partial charge in [0.1, 0.15) is 0 Å². The second-order valence-electron chi connectivity index (χ2n) is 3.46. The van der Waals surface area contributed by atoms with Gasteiger partial charge >= 0.3 is 0 Å². The molecule has 0 bridgehead atoms. The fraction of sp³-hybridized carbons (Fsp3) is 0.667. The van der Waals surface area contributed by atoms with Gasteiger partial charge in [-0.3, -0.25) is 5.10 Å². The van der Waals surface area contributed by atoms with Crippen LogP contribution in [-0.4, -0.2) is 27.7 Å². The summed E-state index contributed by atoms with van der Waals surface area (Å²) in [6.07, 6.45) is 3.10. The molecular formula is C9H15N3S. The minimum absolute atomic E-state index is 0.395. The average molecular weight is 197 g/mol. The number of nitrogens with one attached hydrogen (secondary N) is 2. The van der Waals surface area contributed by atoms with E-state index in [0.29, 0.717) is 12.1 Å². The van der Waals surface area contributed by atoms with Gasteiger partial charge in [-0.15, -0.1) is 0 Å². The highest BCUT2D eigenvalue weighted by atomic mass is 32.2. The molecule has 1 fully saturated rings. The Kier molecular flexibility index (Phi) is 2.90. The Morgan fingerprint density at radius 3 is 3.31 bits per heavy atom. The van der Waals surface area contributed by atoms with Gasteiger partial charge in [0, 0.05) is 24.0 Å². The number of H-pyrrole nitrogens is 1. The van der Waals surface area contributed by atoms with E-state index in [9.17, 15) is 0 Å². The zero-order chi connectivity index (χ0) is 9.10. The predicted molar refractivity (Wildman–Crippen MR) is 55.9 cm³/mol. The predicted octanol–water partition coefficient (Wildman–Crippen LogP) is 1.57. The summed E-state index contributed by atoms with van der Waals surface area (Å²) in [5, 5.41) is 10.5. The van der Waals surface area contributed by atoms with Gasteiger partial charge in [-0.1, -0.05) is 0 Å². The fourth-order valence-corrected chi connectivity index (χ4v) is 2.78. The van der Waals surface area contributed by atoms with E-state index in [0.717, 1.165) is 0 Å². The summed E-state index contributed by atoms with van der Waals surface area (Å²) in [7, 11) is 0. The third kappa shape index (κ3) is 2.25. The van der Waals surface area contributed by atoms with Crippen LogP contribution >= 0.6 is 11.8 Å². The van der Waals surface area contributed by atoms with Crippen LogP contribution in [0.5, 0.6) is 0 Å². The molecular weight excluding hydrogens is 182 g/mol. The van der Waals surface area contributed by atoms with Crippen LogP contribution in [0, 0.1) is 0 Å². The molecule has 2 rings (SSSR count). The van der Waals surface area contributed by atoms with Crippen LogP contribution in [0.1, 0.15) is 25.1 Å². The Hall–Kier alpha value is -0.480. The molecule has 0 radical (unpaired) electrons. The minimum atomic E-state index is 0.395. The van der Waals surface area contributed by atoms with E-state index in [-0.39, 0.29) is 0 Å². The largest absolute Gasteiger partial charge is 0.305 e. The summed E-state index contributed by atoms with van der Waals surface area (Å²) in [6.45, 7) is 2.18. The lowest BCUT2D eigenvalue weighted by atomic mass is 10.2. The number of hydrogen-bond donors (Lipinski definition) is 2. The number of thioether (sulfide) groups is 1. The summed E-state index contributed by atoms with van der Waals surface area (Å²) in [5.41, 5.74) is 1.18. The molecule has 3 nitrogen and oxygen atoms in total. The summed E-state index contributed by atoms with van der Waals surface area (Å²) in [6, 6.07) is 3.11. The molecule has 2 atom stereocenters. The van der Waals surface area contributed by atoms with Gasteiger partial charge in [-0.25, -0.2) is 0 Å². The van der Waals surface area contributed by atoms with Crippen molar-refractivity contribution in [2.45, 2.75) is 25.4 Å². The van der Waals surface area contributed by atoms with Gasteiger partial charge in [0.25, 0.3) is 0 Å². The number of aromatic nitrogens is 2. The third-order valence-electron chi connectivity index (χ3n) is 2.40. The van der Waals surface area contributed by atoms with E-state index in [2.05, 4.69) is 22.4 Å². The molecule has 1 aromatic rings. The first-order chi connectivity index (χ1) is 6.36. The SMILES string of the molecule is CC(NC1CCSC1)c1ccn[nH]1. The van der Waals surface area contributed by atoms with Gasteiger partial charge in [0.2, 0.25) is 0 Å². The van der Waals surface area contributed by atoms with E-state index >= 15 is 0 Å². The molecule has 1 saturated heterocycles. The van der Waals surface area contributed by atoms with E-state index in [1.165, 1.54) is 23.6 Å². The van der Waals surface area contributed by atoms with Crippen LogP contribution in [0.4, 0.5) is 0 Å². The van der Waals surface area contributed by atoms with E-state index in [1.54, 1.807) is 6.20 Å². The molecule has 0 spiro atoms. The maximum Gasteiger partial charge on any atom is 0.0518 e. The fourth-order valence-electron chi connectivity index (χ4n) is 1.62. The molecule has 13 heavy (non-hydrogen) atoms. The molecule has 2 heterocycles. The zero-order valence-electron chi connectivity index (χ0n) is 7.79. The summed E-state index contributed by atoms with van der Waals surface area (Å²) in [4.78, 5) is 0. The minimum Gasteiger partial charge on any atom is -0.305 e. The lowest BCUT2D eigenvalue weighted by Gasteiger charge is -2.16. The van der Waals surface area contributed by atoms with Crippen LogP contribution < -0.4 is 5.32 Å². The van der Waals surface area contributed by atoms with Crippen molar-refractivity contribution in [3.05, 3.63) is 18.0 Å².